The molecular formula is C21H27F3N4O5S. The van der Waals surface area contributed by atoms with E-state index in [9.17, 15) is 38.3 Å². The molecule has 1 saturated heterocycles. The molecule has 1 amide bonds. The number of piperazine rings is 1. The molecule has 0 spiro atoms. The summed E-state index contributed by atoms with van der Waals surface area (Å²) in [5, 5.41) is 31.8. The Hall–Kier alpha value is -2.54. The van der Waals surface area contributed by atoms with Gasteiger partial charge in [-0.2, -0.15) is 18.2 Å². The van der Waals surface area contributed by atoms with E-state index in [1.165, 1.54) is 32.1 Å². The minimum absolute atomic E-state index is 0.0528. The van der Waals surface area contributed by atoms with E-state index in [1.807, 2.05) is 0 Å². The third-order valence-electron chi connectivity index (χ3n) is 6.32. The van der Waals surface area contributed by atoms with Crippen LogP contribution < -0.4 is 0 Å². The first-order valence-corrected chi connectivity index (χ1v) is 11.8. The van der Waals surface area contributed by atoms with Crippen molar-refractivity contribution in [1.82, 2.24) is 9.80 Å². The highest BCUT2D eigenvalue weighted by atomic mass is 32.2. The van der Waals surface area contributed by atoms with E-state index in [2.05, 4.69) is 9.89 Å². The molecule has 1 aliphatic heterocycles. The fourth-order valence-corrected chi connectivity index (χ4v) is 5.65. The second-order valence-electron chi connectivity index (χ2n) is 8.54. The maximum atomic E-state index is 13.3. The summed E-state index contributed by atoms with van der Waals surface area (Å²) in [6, 6.07) is 0. The van der Waals surface area contributed by atoms with Crippen LogP contribution >= 0.6 is 11.8 Å². The maximum Gasteiger partial charge on any atom is 0.423 e. The Morgan fingerprint density at radius 3 is 2.32 bits per heavy atom. The van der Waals surface area contributed by atoms with Crippen molar-refractivity contribution in [3.63, 3.8) is 0 Å². The van der Waals surface area contributed by atoms with E-state index in [0.717, 1.165) is 13.5 Å². The lowest BCUT2D eigenvalue weighted by Gasteiger charge is -2.38. The molecule has 1 aromatic carbocycles. The van der Waals surface area contributed by atoms with Crippen molar-refractivity contribution in [2.45, 2.75) is 50.1 Å². The van der Waals surface area contributed by atoms with Crippen LogP contribution in [0.25, 0.3) is 0 Å². The molecule has 1 saturated carbocycles. The number of phenols is 2. The largest absolute Gasteiger partial charge is 0.507 e. The molecule has 9 nitrogen and oxygen atoms in total. The van der Waals surface area contributed by atoms with E-state index < -0.39 is 44.3 Å². The molecule has 1 aliphatic carbocycles. The number of hydrogen-bond donors (Lipinski definition) is 2. The molecule has 188 valence electrons. The molecule has 1 aromatic rings. The first kappa shape index (κ1) is 26.1. The summed E-state index contributed by atoms with van der Waals surface area (Å²) in [6.45, 7) is 4.36. The van der Waals surface area contributed by atoms with Gasteiger partial charge >= 0.3 is 11.9 Å². The zero-order valence-corrected chi connectivity index (χ0v) is 19.5. The summed E-state index contributed by atoms with van der Waals surface area (Å²) < 4.78 is 39.9. The number of nitro benzene ring substituents is 1. The average Bonchev–Trinajstić information content (AvgIpc) is 2.77. The Balaban J connectivity index is 1.83. The molecule has 2 N–H and O–H groups in total. The first-order valence-electron chi connectivity index (χ1n) is 11.0. The van der Waals surface area contributed by atoms with Crippen LogP contribution in [0, 0.1) is 23.0 Å². The van der Waals surface area contributed by atoms with Crippen molar-refractivity contribution in [3.8, 4) is 11.5 Å². The van der Waals surface area contributed by atoms with Gasteiger partial charge in [-0.1, -0.05) is 19.3 Å². The predicted octanol–water partition coefficient (Wildman–Crippen LogP) is 4.14. The molecule has 1 heterocycles. The van der Waals surface area contributed by atoms with Crippen LogP contribution in [0.5, 0.6) is 11.5 Å². The summed E-state index contributed by atoms with van der Waals surface area (Å²) in [5.41, 5.74) is -3.50. The third kappa shape index (κ3) is 5.74. The minimum Gasteiger partial charge on any atom is -0.507 e. The molecule has 0 unspecified atom stereocenters. The summed E-state index contributed by atoms with van der Waals surface area (Å²) in [6.07, 6.45) is 1.21. The Bertz CT molecular complexity index is 959. The summed E-state index contributed by atoms with van der Waals surface area (Å²) in [4.78, 5) is 29.0. The molecule has 0 atom stereocenters. The molecule has 0 radical (unpaired) electrons. The number of nitro groups is 1. The van der Waals surface area contributed by atoms with Crippen LogP contribution in [0.3, 0.4) is 0 Å². The number of aliphatic imine (C=N–C) groups is 1. The van der Waals surface area contributed by atoms with E-state index >= 15 is 0 Å². The Labute approximate surface area is 198 Å². The number of nitrogens with zero attached hydrogens (tertiary/aromatic N) is 4. The van der Waals surface area contributed by atoms with Gasteiger partial charge in [0.15, 0.2) is 5.17 Å². The second kappa shape index (κ2) is 10.8. The van der Waals surface area contributed by atoms with Crippen LogP contribution in [0.15, 0.2) is 9.89 Å². The topological polar surface area (TPSA) is 120 Å². The van der Waals surface area contributed by atoms with E-state index in [-0.39, 0.29) is 11.6 Å². The van der Waals surface area contributed by atoms with Gasteiger partial charge in [0, 0.05) is 38.3 Å². The van der Waals surface area contributed by atoms with E-state index in [4.69, 9.17) is 0 Å². The fourth-order valence-electron chi connectivity index (χ4n) is 4.54. The summed E-state index contributed by atoms with van der Waals surface area (Å²) in [7, 11) is 0. The number of amidine groups is 1. The number of rotatable bonds is 5. The van der Waals surface area contributed by atoms with Crippen molar-refractivity contribution in [1.29, 1.82) is 0 Å². The Morgan fingerprint density at radius 2 is 1.79 bits per heavy atom. The number of halogens is 3. The first-order chi connectivity index (χ1) is 16.0. The average molecular weight is 505 g/mol. The molecule has 0 bridgehead atoms. The quantitative estimate of drug-likeness (QED) is 0.153. The molecule has 3 rings (SSSR count). The number of alkyl halides is 3. The third-order valence-corrected chi connectivity index (χ3v) is 7.57. The van der Waals surface area contributed by atoms with Gasteiger partial charge in [-0.3, -0.25) is 19.8 Å². The van der Waals surface area contributed by atoms with Gasteiger partial charge in [-0.25, -0.2) is 0 Å². The smallest absolute Gasteiger partial charge is 0.423 e. The number of phenolic OH excluding ortho intramolecular Hbond substituents is 2. The molecular weight excluding hydrogens is 477 g/mol. The summed E-state index contributed by atoms with van der Waals surface area (Å²) >= 11 is 0.583. The molecule has 34 heavy (non-hydrogen) atoms. The SMILES string of the molecule is Cc1c(O)c(C(F)(F)F)c(O)c([N+](=O)[O-])c1SC(=NC=O)N1CCN(CC2CCCCC2)CC1. The predicted molar refractivity (Wildman–Crippen MR) is 120 cm³/mol. The minimum atomic E-state index is -5.21. The highest BCUT2D eigenvalue weighted by molar-refractivity contribution is 8.14. The van der Waals surface area contributed by atoms with Crippen LogP contribution in [0.2, 0.25) is 0 Å². The highest BCUT2D eigenvalue weighted by Crippen LogP contribution is 2.52. The Kier molecular flexibility index (Phi) is 8.29. The number of hydrogen-bond acceptors (Lipinski definition) is 7. The van der Waals surface area contributed by atoms with Gasteiger partial charge in [-0.15, -0.1) is 0 Å². The lowest BCUT2D eigenvalue weighted by Crippen LogP contribution is -2.49. The molecule has 2 aliphatic rings. The molecule has 2 fully saturated rings. The maximum absolute atomic E-state index is 13.3. The molecule has 13 heteroatoms. The number of carbonyl (C=O) groups is 1. The lowest BCUT2D eigenvalue weighted by atomic mass is 9.89. The number of amides is 1. The van der Waals surface area contributed by atoms with Gasteiger partial charge in [0.25, 0.3) is 0 Å². The van der Waals surface area contributed by atoms with Gasteiger partial charge in [-0.05, 0) is 37.4 Å². The van der Waals surface area contributed by atoms with Gasteiger partial charge in [0.05, 0.1) is 4.92 Å². The van der Waals surface area contributed by atoms with Crippen LogP contribution in [0.1, 0.15) is 43.2 Å². The van der Waals surface area contributed by atoms with Gasteiger partial charge in [0.1, 0.15) is 16.2 Å². The van der Waals surface area contributed by atoms with E-state index in [0.29, 0.717) is 43.9 Å². The normalized spacial score (nSPS) is 18.8. The lowest BCUT2D eigenvalue weighted by molar-refractivity contribution is -0.389. The number of carbonyl (C=O) groups excluding carboxylic acids is 1. The van der Waals surface area contributed by atoms with Crippen LogP contribution in [-0.4, -0.2) is 69.2 Å². The summed E-state index contributed by atoms with van der Waals surface area (Å²) in [5.74, 6) is -2.33. The van der Waals surface area contributed by atoms with Crippen LogP contribution in [0.4, 0.5) is 18.9 Å². The van der Waals surface area contributed by atoms with Crippen molar-refractivity contribution in [3.05, 3.63) is 21.2 Å². The number of aromatic hydroxyl groups is 2. The second-order valence-corrected chi connectivity index (χ2v) is 9.52. The van der Waals surface area contributed by atoms with E-state index in [1.54, 1.807) is 4.90 Å². The standard InChI is InChI=1S/C21H27F3N4O5S/c1-13-17(30)15(21(22,23)24)18(31)16(28(32)33)19(13)34-20(25-12-29)27-9-7-26(8-10-27)11-14-5-3-2-4-6-14/h12,14,30-31H,2-11H2,1H3. The zero-order chi connectivity index (χ0) is 25.0. The number of thioether (sulfide) groups is 1. The van der Waals surface area contributed by atoms with Crippen molar-refractivity contribution < 1.29 is 33.1 Å². The zero-order valence-electron chi connectivity index (χ0n) is 18.7. The fraction of sp³-hybridized carbons (Fsp3) is 0.619. The van der Waals surface area contributed by atoms with Crippen molar-refractivity contribution in [2.24, 2.45) is 10.9 Å². The monoisotopic (exact) mass is 504 g/mol. The van der Waals surface area contributed by atoms with Gasteiger partial charge in [0.2, 0.25) is 12.2 Å². The van der Waals surface area contributed by atoms with Crippen molar-refractivity contribution >= 4 is 29.0 Å². The van der Waals surface area contributed by atoms with Crippen molar-refractivity contribution in [2.75, 3.05) is 32.7 Å². The van der Waals surface area contributed by atoms with Crippen LogP contribution in [-0.2, 0) is 11.0 Å². The Morgan fingerprint density at radius 1 is 1.18 bits per heavy atom. The number of benzene rings is 1. The highest BCUT2D eigenvalue weighted by Gasteiger charge is 2.44. The molecule has 0 aromatic heterocycles. The van der Waals surface area contributed by atoms with Gasteiger partial charge < -0.3 is 15.1 Å².